The Morgan fingerprint density at radius 3 is 2.33 bits per heavy atom. The third-order valence-electron chi connectivity index (χ3n) is 3.25. The van der Waals surface area contributed by atoms with Crippen molar-refractivity contribution in [2.75, 3.05) is 34.0 Å². The van der Waals surface area contributed by atoms with E-state index in [9.17, 15) is 5.11 Å². The number of aliphatic hydroxyl groups excluding tert-OH is 1. The highest BCUT2D eigenvalue weighted by molar-refractivity contribution is 5.28. The molecule has 1 aromatic rings. The summed E-state index contributed by atoms with van der Waals surface area (Å²) in [5, 5.41) is 13.2. The zero-order valence-electron chi connectivity index (χ0n) is 13.3. The molecule has 0 spiro atoms. The minimum absolute atomic E-state index is 0.0105. The monoisotopic (exact) mass is 297 g/mol. The predicted molar refractivity (Wildman–Crippen MR) is 82.7 cm³/mol. The van der Waals surface area contributed by atoms with Crippen molar-refractivity contribution >= 4 is 0 Å². The van der Waals surface area contributed by atoms with Crippen LogP contribution in [0.2, 0.25) is 0 Å². The Bertz CT molecular complexity index is 382. The topological polar surface area (TPSA) is 60.0 Å². The predicted octanol–water partition coefficient (Wildman–Crippen LogP) is 1.76. The van der Waals surface area contributed by atoms with E-state index in [1.807, 2.05) is 31.2 Å². The lowest BCUT2D eigenvalue weighted by atomic mass is 10.1. The molecule has 0 bridgehead atoms. The molecule has 0 radical (unpaired) electrons. The van der Waals surface area contributed by atoms with Gasteiger partial charge in [-0.15, -0.1) is 0 Å². The minimum atomic E-state index is -0.537. The number of hydrogen-bond acceptors (Lipinski definition) is 5. The first-order chi connectivity index (χ1) is 10.1. The third-order valence-corrected chi connectivity index (χ3v) is 3.25. The number of rotatable bonds is 10. The van der Waals surface area contributed by atoms with Gasteiger partial charge in [-0.25, -0.2) is 0 Å². The first kappa shape index (κ1) is 17.9. The van der Waals surface area contributed by atoms with Crippen molar-refractivity contribution < 1.29 is 19.3 Å². The van der Waals surface area contributed by atoms with E-state index in [1.165, 1.54) is 0 Å². The van der Waals surface area contributed by atoms with Crippen molar-refractivity contribution in [3.8, 4) is 5.75 Å². The van der Waals surface area contributed by atoms with Crippen LogP contribution in [-0.2, 0) is 9.47 Å². The summed E-state index contributed by atoms with van der Waals surface area (Å²) >= 11 is 0. The van der Waals surface area contributed by atoms with E-state index in [0.29, 0.717) is 19.8 Å². The molecule has 0 aliphatic heterocycles. The van der Waals surface area contributed by atoms with E-state index < -0.39 is 6.10 Å². The molecule has 5 nitrogen and oxygen atoms in total. The van der Waals surface area contributed by atoms with Crippen LogP contribution >= 0.6 is 0 Å². The van der Waals surface area contributed by atoms with Crippen LogP contribution in [0.4, 0.5) is 0 Å². The fraction of sp³-hybridized carbons (Fsp3) is 0.625. The van der Waals surface area contributed by atoms with Gasteiger partial charge in [0.1, 0.15) is 5.75 Å². The second-order valence-electron chi connectivity index (χ2n) is 5.16. The molecule has 3 unspecified atom stereocenters. The van der Waals surface area contributed by atoms with E-state index in [2.05, 4.69) is 12.2 Å². The molecular formula is C16H27NO4. The maximum absolute atomic E-state index is 9.90. The average molecular weight is 297 g/mol. The van der Waals surface area contributed by atoms with Crippen LogP contribution in [0.5, 0.6) is 5.75 Å². The number of hydrogen-bond donors (Lipinski definition) is 2. The molecule has 120 valence electrons. The van der Waals surface area contributed by atoms with Crippen molar-refractivity contribution in [3.63, 3.8) is 0 Å². The number of nitrogens with one attached hydrogen (secondary N) is 1. The van der Waals surface area contributed by atoms with Gasteiger partial charge in [0.15, 0.2) is 0 Å². The Kier molecular flexibility index (Phi) is 8.30. The van der Waals surface area contributed by atoms with Crippen LogP contribution in [-0.4, -0.2) is 51.3 Å². The highest BCUT2D eigenvalue weighted by atomic mass is 16.5. The Hall–Kier alpha value is -1.14. The first-order valence-corrected chi connectivity index (χ1v) is 7.22. The van der Waals surface area contributed by atoms with Crippen LogP contribution in [0.1, 0.15) is 25.5 Å². The zero-order valence-corrected chi connectivity index (χ0v) is 13.3. The highest BCUT2D eigenvalue weighted by Crippen LogP contribution is 2.17. The molecule has 0 fully saturated rings. The Balaban J connectivity index is 2.29. The number of ether oxygens (including phenoxy) is 3. The normalized spacial score (nSPS) is 15.5. The van der Waals surface area contributed by atoms with Crippen LogP contribution in [0.15, 0.2) is 24.3 Å². The fourth-order valence-corrected chi connectivity index (χ4v) is 1.94. The molecule has 2 N–H and O–H groups in total. The molecule has 1 aromatic carbocycles. The van der Waals surface area contributed by atoms with Crippen molar-refractivity contribution in [1.82, 2.24) is 5.32 Å². The number of methoxy groups -OCH3 is 2. The molecule has 0 aliphatic rings. The molecule has 0 heterocycles. The van der Waals surface area contributed by atoms with Crippen LogP contribution < -0.4 is 10.1 Å². The van der Waals surface area contributed by atoms with Crippen LogP contribution in [0.25, 0.3) is 0 Å². The summed E-state index contributed by atoms with van der Waals surface area (Å²) in [6, 6.07) is 8.04. The maximum Gasteiger partial charge on any atom is 0.118 e. The summed E-state index contributed by atoms with van der Waals surface area (Å²) in [4.78, 5) is 0. The van der Waals surface area contributed by atoms with E-state index in [0.717, 1.165) is 11.3 Å². The van der Waals surface area contributed by atoms with Gasteiger partial charge in [0.25, 0.3) is 0 Å². The first-order valence-electron chi connectivity index (χ1n) is 7.22. The molecule has 21 heavy (non-hydrogen) atoms. The van der Waals surface area contributed by atoms with Crippen molar-refractivity contribution in [1.29, 1.82) is 0 Å². The summed E-state index contributed by atoms with van der Waals surface area (Å²) < 4.78 is 15.6. The Morgan fingerprint density at radius 1 is 1.10 bits per heavy atom. The van der Waals surface area contributed by atoms with E-state index >= 15 is 0 Å². The van der Waals surface area contributed by atoms with Gasteiger partial charge in [0, 0.05) is 19.7 Å². The van der Waals surface area contributed by atoms with Gasteiger partial charge in [-0.3, -0.25) is 0 Å². The van der Waals surface area contributed by atoms with Crippen LogP contribution in [0.3, 0.4) is 0 Å². The quantitative estimate of drug-likeness (QED) is 0.689. The van der Waals surface area contributed by atoms with E-state index in [1.54, 1.807) is 14.2 Å². The number of aliphatic hydroxyl groups is 1. The summed E-state index contributed by atoms with van der Waals surface area (Å²) in [5.74, 6) is 0.839. The molecule has 0 aliphatic carbocycles. The highest BCUT2D eigenvalue weighted by Gasteiger charge is 2.11. The molecular weight excluding hydrogens is 270 g/mol. The van der Waals surface area contributed by atoms with Gasteiger partial charge in [0.05, 0.1) is 32.5 Å². The van der Waals surface area contributed by atoms with Gasteiger partial charge in [-0.05, 0) is 31.5 Å². The Morgan fingerprint density at radius 2 is 1.76 bits per heavy atom. The summed E-state index contributed by atoms with van der Waals surface area (Å²) in [6.45, 7) is 5.29. The minimum Gasteiger partial charge on any atom is -0.497 e. The molecule has 0 saturated heterocycles. The van der Waals surface area contributed by atoms with Gasteiger partial charge in [-0.1, -0.05) is 12.1 Å². The summed E-state index contributed by atoms with van der Waals surface area (Å²) in [5.41, 5.74) is 1.15. The Labute approximate surface area is 127 Å². The summed E-state index contributed by atoms with van der Waals surface area (Å²) in [7, 11) is 3.28. The van der Waals surface area contributed by atoms with Gasteiger partial charge in [0.2, 0.25) is 0 Å². The molecule has 3 atom stereocenters. The lowest BCUT2D eigenvalue weighted by molar-refractivity contribution is -0.0315. The molecule has 0 aromatic heterocycles. The third kappa shape index (κ3) is 6.91. The second-order valence-corrected chi connectivity index (χ2v) is 5.16. The number of benzene rings is 1. The van der Waals surface area contributed by atoms with Gasteiger partial charge < -0.3 is 24.6 Å². The SMILES string of the molecule is COCC(C)OCC(O)CNC(C)c1ccc(OC)cc1. The lowest BCUT2D eigenvalue weighted by Crippen LogP contribution is -2.33. The maximum atomic E-state index is 9.90. The summed E-state index contributed by atoms with van der Waals surface area (Å²) in [6.07, 6.45) is -0.548. The molecule has 0 amide bonds. The standard InChI is InChI=1S/C16H27NO4/c1-12(10-19-3)21-11-15(18)9-17-13(2)14-5-7-16(20-4)8-6-14/h5-8,12-13,15,17-18H,9-11H2,1-4H3. The van der Waals surface area contributed by atoms with E-state index in [-0.39, 0.29) is 12.1 Å². The zero-order chi connectivity index (χ0) is 15.7. The van der Waals surface area contributed by atoms with Crippen molar-refractivity contribution in [2.45, 2.75) is 32.1 Å². The van der Waals surface area contributed by atoms with Gasteiger partial charge >= 0.3 is 0 Å². The molecule has 1 rings (SSSR count). The van der Waals surface area contributed by atoms with E-state index in [4.69, 9.17) is 14.2 Å². The largest absolute Gasteiger partial charge is 0.497 e. The molecule has 0 saturated carbocycles. The second kappa shape index (κ2) is 9.73. The fourth-order valence-electron chi connectivity index (χ4n) is 1.94. The smallest absolute Gasteiger partial charge is 0.118 e. The lowest BCUT2D eigenvalue weighted by Gasteiger charge is -2.19. The van der Waals surface area contributed by atoms with Crippen molar-refractivity contribution in [3.05, 3.63) is 29.8 Å². The average Bonchev–Trinajstić information content (AvgIpc) is 2.51. The molecule has 5 heteroatoms. The van der Waals surface area contributed by atoms with Crippen LogP contribution in [0, 0.1) is 0 Å². The van der Waals surface area contributed by atoms with Gasteiger partial charge in [-0.2, -0.15) is 0 Å². The van der Waals surface area contributed by atoms with Crippen molar-refractivity contribution in [2.24, 2.45) is 0 Å².